The van der Waals surface area contributed by atoms with E-state index in [9.17, 15) is 14.0 Å². The molecule has 2 aromatic carbocycles. The fourth-order valence-electron chi connectivity index (χ4n) is 2.64. The van der Waals surface area contributed by atoms with E-state index in [4.69, 9.17) is 0 Å². The van der Waals surface area contributed by atoms with Crippen LogP contribution in [0.25, 0.3) is 10.9 Å². The first-order valence-electron chi connectivity index (χ1n) is 8.64. The number of amides is 1. The normalized spacial score (nSPS) is 12.1. The van der Waals surface area contributed by atoms with Gasteiger partial charge in [-0.2, -0.15) is 0 Å². The Morgan fingerprint density at radius 3 is 2.74 bits per heavy atom. The van der Waals surface area contributed by atoms with Crippen LogP contribution in [0, 0.1) is 12.7 Å². The van der Waals surface area contributed by atoms with Gasteiger partial charge >= 0.3 is 0 Å². The van der Waals surface area contributed by atoms with E-state index in [2.05, 4.69) is 10.3 Å². The van der Waals surface area contributed by atoms with E-state index in [0.717, 1.165) is 0 Å². The molecule has 0 fully saturated rings. The van der Waals surface area contributed by atoms with Crippen molar-refractivity contribution in [2.75, 3.05) is 5.32 Å². The molecule has 27 heavy (non-hydrogen) atoms. The fourth-order valence-corrected chi connectivity index (χ4v) is 3.62. The molecule has 0 aliphatic heterocycles. The van der Waals surface area contributed by atoms with Crippen LogP contribution in [0.4, 0.5) is 10.1 Å². The molecule has 1 amide bonds. The van der Waals surface area contributed by atoms with Gasteiger partial charge in [0.1, 0.15) is 5.82 Å². The van der Waals surface area contributed by atoms with E-state index >= 15 is 0 Å². The van der Waals surface area contributed by atoms with Gasteiger partial charge in [-0.05, 0) is 50.6 Å². The smallest absolute Gasteiger partial charge is 0.262 e. The lowest BCUT2D eigenvalue weighted by atomic mass is 10.2. The third-order valence-corrected chi connectivity index (χ3v) is 5.32. The van der Waals surface area contributed by atoms with Crippen molar-refractivity contribution in [1.29, 1.82) is 0 Å². The van der Waals surface area contributed by atoms with E-state index in [1.54, 1.807) is 48.7 Å². The van der Waals surface area contributed by atoms with Crippen molar-refractivity contribution in [2.45, 2.75) is 37.7 Å². The molecule has 0 unspecified atom stereocenters. The van der Waals surface area contributed by atoms with Crippen molar-refractivity contribution in [1.82, 2.24) is 9.55 Å². The summed E-state index contributed by atoms with van der Waals surface area (Å²) in [6.45, 7) is 5.71. The first kappa shape index (κ1) is 19.1. The number of nitrogens with one attached hydrogen (secondary N) is 1. The minimum absolute atomic E-state index is 0.126. The molecule has 0 bridgehead atoms. The highest BCUT2D eigenvalue weighted by atomic mass is 32.2. The molecule has 1 atom stereocenters. The second-order valence-electron chi connectivity index (χ2n) is 6.17. The van der Waals surface area contributed by atoms with E-state index < -0.39 is 5.25 Å². The largest absolute Gasteiger partial charge is 0.325 e. The number of halogens is 1. The maximum Gasteiger partial charge on any atom is 0.262 e. The van der Waals surface area contributed by atoms with Crippen molar-refractivity contribution >= 4 is 34.3 Å². The molecule has 1 heterocycles. The number of thioether (sulfide) groups is 1. The van der Waals surface area contributed by atoms with Gasteiger partial charge in [-0.3, -0.25) is 14.2 Å². The molecule has 3 aromatic rings. The zero-order valence-corrected chi connectivity index (χ0v) is 16.1. The molecule has 1 N–H and O–H groups in total. The molecule has 0 aliphatic rings. The highest BCUT2D eigenvalue weighted by Gasteiger charge is 2.19. The van der Waals surface area contributed by atoms with Gasteiger partial charge < -0.3 is 5.32 Å². The molecule has 0 saturated heterocycles. The third-order valence-electron chi connectivity index (χ3n) is 4.23. The average Bonchev–Trinajstić information content (AvgIpc) is 2.65. The predicted octanol–water partition coefficient (Wildman–Crippen LogP) is 3.98. The van der Waals surface area contributed by atoms with Crippen molar-refractivity contribution in [3.63, 3.8) is 0 Å². The number of benzene rings is 2. The summed E-state index contributed by atoms with van der Waals surface area (Å²) in [5, 5.41) is 3.23. The molecule has 0 radical (unpaired) electrons. The van der Waals surface area contributed by atoms with E-state index in [1.165, 1.54) is 17.8 Å². The number of hydrogen-bond acceptors (Lipinski definition) is 4. The molecule has 7 heteroatoms. The number of nitrogens with zero attached hydrogens (tertiary/aromatic N) is 2. The van der Waals surface area contributed by atoms with Gasteiger partial charge in [0.15, 0.2) is 5.16 Å². The zero-order chi connectivity index (χ0) is 19.6. The van der Waals surface area contributed by atoms with Crippen molar-refractivity contribution < 1.29 is 9.18 Å². The maximum atomic E-state index is 13.7. The van der Waals surface area contributed by atoms with Gasteiger partial charge in [0.25, 0.3) is 5.56 Å². The predicted molar refractivity (Wildman–Crippen MR) is 107 cm³/mol. The SMILES string of the molecule is CCn1c(S[C@H](C)C(=O)Nc2ccc(C)c(F)c2)nc2ccccc2c1=O. The Balaban J connectivity index is 1.84. The number of aromatic nitrogens is 2. The van der Waals surface area contributed by atoms with Crippen LogP contribution in [0.5, 0.6) is 0 Å². The molecule has 0 saturated carbocycles. The summed E-state index contributed by atoms with van der Waals surface area (Å²) >= 11 is 1.20. The third kappa shape index (κ3) is 4.03. The van der Waals surface area contributed by atoms with Crippen LogP contribution >= 0.6 is 11.8 Å². The van der Waals surface area contributed by atoms with Crippen LogP contribution in [0.15, 0.2) is 52.4 Å². The topological polar surface area (TPSA) is 64.0 Å². The summed E-state index contributed by atoms with van der Waals surface area (Å²) in [7, 11) is 0. The van der Waals surface area contributed by atoms with Gasteiger partial charge in [0.05, 0.1) is 16.2 Å². The Morgan fingerprint density at radius 1 is 1.30 bits per heavy atom. The Labute approximate surface area is 160 Å². The van der Waals surface area contributed by atoms with Crippen LogP contribution in [-0.4, -0.2) is 20.7 Å². The Hall–Kier alpha value is -2.67. The quantitative estimate of drug-likeness (QED) is 0.533. The lowest BCUT2D eigenvalue weighted by Gasteiger charge is -2.15. The summed E-state index contributed by atoms with van der Waals surface area (Å²) in [5.41, 5.74) is 1.39. The number of aryl methyl sites for hydroxylation is 1. The van der Waals surface area contributed by atoms with E-state index in [0.29, 0.717) is 33.9 Å². The Kier molecular flexibility index (Phi) is 5.60. The van der Waals surface area contributed by atoms with Gasteiger partial charge in [-0.1, -0.05) is 30.0 Å². The van der Waals surface area contributed by atoms with Crippen LogP contribution < -0.4 is 10.9 Å². The fraction of sp³-hybridized carbons (Fsp3) is 0.250. The molecule has 0 aliphatic carbocycles. The number of rotatable bonds is 5. The maximum absolute atomic E-state index is 13.7. The molecule has 1 aromatic heterocycles. The summed E-state index contributed by atoms with van der Waals surface area (Å²) in [6.07, 6.45) is 0. The monoisotopic (exact) mass is 385 g/mol. The number of para-hydroxylation sites is 1. The second kappa shape index (κ2) is 7.92. The summed E-state index contributed by atoms with van der Waals surface area (Å²) in [5.74, 6) is -0.655. The summed E-state index contributed by atoms with van der Waals surface area (Å²) < 4.78 is 15.2. The molecule has 0 spiro atoms. The van der Waals surface area contributed by atoms with Crippen molar-refractivity contribution in [3.8, 4) is 0 Å². The molecule has 5 nitrogen and oxygen atoms in total. The highest BCUT2D eigenvalue weighted by Crippen LogP contribution is 2.24. The number of anilines is 1. The standard InChI is InChI=1S/C20H20FN3O2S/c1-4-24-19(26)15-7-5-6-8-17(15)23-20(24)27-13(3)18(25)22-14-10-9-12(2)16(21)11-14/h5-11,13H,4H2,1-3H3,(H,22,25)/t13-/m1/s1. The van der Waals surface area contributed by atoms with Gasteiger partial charge in [-0.25, -0.2) is 9.37 Å². The van der Waals surface area contributed by atoms with Crippen molar-refractivity contribution in [2.24, 2.45) is 0 Å². The minimum Gasteiger partial charge on any atom is -0.325 e. The number of hydrogen-bond donors (Lipinski definition) is 1. The van der Waals surface area contributed by atoms with Crippen LogP contribution in [0.2, 0.25) is 0 Å². The molecule has 3 rings (SSSR count). The summed E-state index contributed by atoms with van der Waals surface area (Å²) in [6, 6.07) is 11.7. The van der Waals surface area contributed by atoms with Gasteiger partial charge in [0, 0.05) is 12.2 Å². The van der Waals surface area contributed by atoms with Crippen molar-refractivity contribution in [3.05, 3.63) is 64.2 Å². The van der Waals surface area contributed by atoms with Gasteiger partial charge in [-0.15, -0.1) is 0 Å². The lowest BCUT2D eigenvalue weighted by Crippen LogP contribution is -2.26. The highest BCUT2D eigenvalue weighted by molar-refractivity contribution is 8.00. The van der Waals surface area contributed by atoms with Crippen LogP contribution in [0.3, 0.4) is 0 Å². The average molecular weight is 385 g/mol. The minimum atomic E-state index is -0.514. The Morgan fingerprint density at radius 2 is 2.04 bits per heavy atom. The number of carbonyl (C=O) groups excluding carboxylic acids is 1. The molecular weight excluding hydrogens is 365 g/mol. The lowest BCUT2D eigenvalue weighted by molar-refractivity contribution is -0.115. The van der Waals surface area contributed by atoms with Crippen LogP contribution in [0.1, 0.15) is 19.4 Å². The Bertz CT molecular complexity index is 1060. The van der Waals surface area contributed by atoms with Crippen LogP contribution in [-0.2, 0) is 11.3 Å². The summed E-state index contributed by atoms with van der Waals surface area (Å²) in [4.78, 5) is 29.7. The first-order valence-corrected chi connectivity index (χ1v) is 9.52. The van der Waals surface area contributed by atoms with E-state index in [-0.39, 0.29) is 17.3 Å². The molecule has 140 valence electrons. The van der Waals surface area contributed by atoms with Gasteiger partial charge in [0.2, 0.25) is 5.91 Å². The zero-order valence-electron chi connectivity index (χ0n) is 15.3. The van der Waals surface area contributed by atoms with E-state index in [1.807, 2.05) is 13.0 Å². The number of fused-ring (bicyclic) bond motifs is 1. The number of carbonyl (C=O) groups is 1. The first-order chi connectivity index (χ1) is 12.9. The second-order valence-corrected chi connectivity index (χ2v) is 7.48. The molecular formula is C20H20FN3O2S.